The van der Waals surface area contributed by atoms with Crippen molar-refractivity contribution in [2.24, 2.45) is 0 Å². The average Bonchev–Trinajstić information content (AvgIpc) is 2.77. The monoisotopic (exact) mass is 498 g/mol. The van der Waals surface area contributed by atoms with Crippen LogP contribution in [0.25, 0.3) is 0 Å². The summed E-state index contributed by atoms with van der Waals surface area (Å²) >= 11 is 0. The molecule has 8 heteroatoms. The van der Waals surface area contributed by atoms with Gasteiger partial charge < -0.3 is 19.3 Å². The van der Waals surface area contributed by atoms with Crippen LogP contribution in [-0.2, 0) is 14.9 Å². The highest BCUT2D eigenvalue weighted by Crippen LogP contribution is 2.27. The van der Waals surface area contributed by atoms with Gasteiger partial charge in [0, 0.05) is 12.3 Å². The number of hydrogen-bond donors (Lipinski definition) is 1. The van der Waals surface area contributed by atoms with E-state index < -0.39 is 28.1 Å². The second-order valence-corrected chi connectivity index (χ2v) is 10.7. The largest absolute Gasteiger partial charge is 0.748 e. The fraction of sp³-hybridized carbons (Fsp3) is 0.731. The minimum atomic E-state index is -4.28. The summed E-state index contributed by atoms with van der Waals surface area (Å²) in [5.74, 6) is 0.256. The Kier molecular flexibility index (Phi) is 15.7. The number of carbonyl (C=O) groups excluding carboxylic acids is 1. The third kappa shape index (κ3) is 15.9. The number of hydrogen-bond acceptors (Lipinski definition) is 6. The lowest BCUT2D eigenvalue weighted by Crippen LogP contribution is -2.28. The van der Waals surface area contributed by atoms with E-state index in [0.717, 1.165) is 24.2 Å². The molecule has 196 valence electrons. The molecule has 0 radical (unpaired) electrons. The predicted octanol–water partition coefficient (Wildman–Crippen LogP) is 6.49. The molecule has 0 heterocycles. The van der Waals surface area contributed by atoms with Gasteiger partial charge in [-0.05, 0) is 50.8 Å². The molecule has 1 unspecified atom stereocenters. The molecular formula is C26H44NO6S-. The fourth-order valence-electron chi connectivity index (χ4n) is 3.75. The van der Waals surface area contributed by atoms with Crippen molar-refractivity contribution in [1.82, 2.24) is 5.32 Å². The highest BCUT2D eigenvalue weighted by Gasteiger charge is 2.17. The van der Waals surface area contributed by atoms with Crippen molar-refractivity contribution in [2.75, 3.05) is 12.3 Å². The number of nitrogens with one attached hydrogen (secondary N) is 1. The normalized spacial score (nSPS) is 12.5. The maximum atomic E-state index is 12.3. The Morgan fingerprint density at radius 3 is 2.00 bits per heavy atom. The van der Waals surface area contributed by atoms with Gasteiger partial charge >= 0.3 is 6.09 Å². The SMILES string of the molecule is CCCCCCCCCCCCC(OC(=O)NCCCS(=O)(=O)[O-])c1ccc(OC(C)C)cc1. The molecule has 1 rings (SSSR count). The van der Waals surface area contributed by atoms with Gasteiger partial charge in [0.1, 0.15) is 11.9 Å². The second kappa shape index (κ2) is 17.6. The molecule has 0 aliphatic carbocycles. The van der Waals surface area contributed by atoms with Crippen LogP contribution in [0, 0.1) is 0 Å². The first-order valence-electron chi connectivity index (χ1n) is 12.9. The van der Waals surface area contributed by atoms with Crippen molar-refractivity contribution in [2.45, 2.75) is 110 Å². The predicted molar refractivity (Wildman–Crippen MR) is 135 cm³/mol. The van der Waals surface area contributed by atoms with Gasteiger partial charge in [-0.3, -0.25) is 0 Å². The smallest absolute Gasteiger partial charge is 0.407 e. The maximum absolute atomic E-state index is 12.3. The van der Waals surface area contributed by atoms with Crippen LogP contribution in [0.1, 0.15) is 109 Å². The number of alkyl carbamates (subject to hydrolysis) is 1. The third-order valence-corrected chi connectivity index (χ3v) is 6.32. The molecule has 0 aliphatic rings. The maximum Gasteiger partial charge on any atom is 0.407 e. The summed E-state index contributed by atoms with van der Waals surface area (Å²) in [4.78, 5) is 12.3. The number of amides is 1. The van der Waals surface area contributed by atoms with Crippen molar-refractivity contribution in [1.29, 1.82) is 0 Å². The van der Waals surface area contributed by atoms with E-state index in [9.17, 15) is 17.8 Å². The zero-order valence-corrected chi connectivity index (χ0v) is 22.0. The number of rotatable bonds is 19. The molecule has 1 atom stereocenters. The van der Waals surface area contributed by atoms with Crippen LogP contribution in [0.4, 0.5) is 4.79 Å². The molecule has 34 heavy (non-hydrogen) atoms. The highest BCUT2D eigenvalue weighted by atomic mass is 32.2. The van der Waals surface area contributed by atoms with Gasteiger partial charge in [0.05, 0.1) is 16.2 Å². The Morgan fingerprint density at radius 1 is 0.912 bits per heavy atom. The van der Waals surface area contributed by atoms with E-state index in [1.807, 2.05) is 38.1 Å². The van der Waals surface area contributed by atoms with Crippen molar-refractivity contribution < 1.29 is 27.2 Å². The molecule has 1 aromatic rings. The Bertz CT molecular complexity index is 764. The summed E-state index contributed by atoms with van der Waals surface area (Å²) in [6.07, 6.45) is 12.2. The van der Waals surface area contributed by atoms with Gasteiger partial charge in [0.15, 0.2) is 0 Å². The Labute approximate surface area is 206 Å². The van der Waals surface area contributed by atoms with Gasteiger partial charge in [0.2, 0.25) is 0 Å². The Balaban J connectivity index is 2.50. The quantitative estimate of drug-likeness (QED) is 0.173. The minimum Gasteiger partial charge on any atom is -0.748 e. The van der Waals surface area contributed by atoms with E-state index in [1.165, 1.54) is 51.4 Å². The number of ether oxygens (including phenoxy) is 2. The number of unbranched alkanes of at least 4 members (excludes halogenated alkanes) is 9. The Morgan fingerprint density at radius 2 is 1.47 bits per heavy atom. The summed E-state index contributed by atoms with van der Waals surface area (Å²) in [6.45, 7) is 6.24. The summed E-state index contributed by atoms with van der Waals surface area (Å²) in [5, 5.41) is 2.54. The molecular weight excluding hydrogens is 454 g/mol. The van der Waals surface area contributed by atoms with Crippen molar-refractivity contribution in [3.8, 4) is 5.75 Å². The first-order valence-corrected chi connectivity index (χ1v) is 14.4. The summed E-state index contributed by atoms with van der Waals surface area (Å²) in [6, 6.07) is 7.58. The molecule has 0 fully saturated rings. The van der Waals surface area contributed by atoms with Crippen LogP contribution in [0.3, 0.4) is 0 Å². The molecule has 0 bridgehead atoms. The fourth-order valence-corrected chi connectivity index (χ4v) is 4.25. The third-order valence-electron chi connectivity index (χ3n) is 5.53. The molecule has 0 saturated carbocycles. The summed E-state index contributed by atoms with van der Waals surface area (Å²) in [7, 11) is -4.28. The average molecular weight is 499 g/mol. The van der Waals surface area contributed by atoms with E-state index in [1.54, 1.807) is 0 Å². The first kappa shape index (κ1) is 30.2. The van der Waals surface area contributed by atoms with E-state index in [0.29, 0.717) is 6.42 Å². The van der Waals surface area contributed by atoms with Crippen molar-refractivity contribution >= 4 is 16.2 Å². The van der Waals surface area contributed by atoms with Crippen molar-refractivity contribution in [3.05, 3.63) is 29.8 Å². The van der Waals surface area contributed by atoms with E-state index in [-0.39, 0.29) is 19.1 Å². The van der Waals surface area contributed by atoms with Crippen LogP contribution in [0.15, 0.2) is 24.3 Å². The molecule has 1 N–H and O–H groups in total. The van der Waals surface area contributed by atoms with Gasteiger partial charge in [-0.2, -0.15) is 0 Å². The Hall–Kier alpha value is -1.80. The molecule has 1 amide bonds. The van der Waals surface area contributed by atoms with Crippen LogP contribution in [-0.4, -0.2) is 37.5 Å². The van der Waals surface area contributed by atoms with Gasteiger partial charge in [0.25, 0.3) is 0 Å². The van der Waals surface area contributed by atoms with Crippen LogP contribution >= 0.6 is 0 Å². The van der Waals surface area contributed by atoms with Gasteiger partial charge in [-0.15, -0.1) is 0 Å². The lowest BCUT2D eigenvalue weighted by Gasteiger charge is -2.20. The van der Waals surface area contributed by atoms with Crippen LogP contribution in [0.2, 0.25) is 0 Å². The first-order chi connectivity index (χ1) is 16.2. The number of benzene rings is 1. The zero-order valence-electron chi connectivity index (χ0n) is 21.2. The lowest BCUT2D eigenvalue weighted by atomic mass is 10.0. The minimum absolute atomic E-state index is 0.0608. The second-order valence-electron chi connectivity index (χ2n) is 9.14. The van der Waals surface area contributed by atoms with Gasteiger partial charge in [-0.25, -0.2) is 13.2 Å². The van der Waals surface area contributed by atoms with Crippen molar-refractivity contribution in [3.63, 3.8) is 0 Å². The highest BCUT2D eigenvalue weighted by molar-refractivity contribution is 7.85. The van der Waals surface area contributed by atoms with Crippen LogP contribution in [0.5, 0.6) is 5.75 Å². The van der Waals surface area contributed by atoms with E-state index in [4.69, 9.17) is 9.47 Å². The topological polar surface area (TPSA) is 105 Å². The molecule has 0 aliphatic heterocycles. The number of carbonyl (C=O) groups is 1. The molecule has 0 aromatic heterocycles. The van der Waals surface area contributed by atoms with Crippen LogP contribution < -0.4 is 10.1 Å². The van der Waals surface area contributed by atoms with Gasteiger partial charge in [-0.1, -0.05) is 76.8 Å². The standard InChI is InChI=1S/C26H45NO6S/c1-4-5-6-7-8-9-10-11-12-13-15-25(23-16-18-24(19-17-23)32-22(2)3)33-26(28)27-20-14-21-34(29,30)31/h16-19,22,25H,4-15,20-21H2,1-3H3,(H,27,28)(H,29,30,31)/p-1. The molecule has 1 aromatic carbocycles. The van der Waals surface area contributed by atoms with E-state index >= 15 is 0 Å². The molecule has 7 nitrogen and oxygen atoms in total. The lowest BCUT2D eigenvalue weighted by molar-refractivity contribution is 0.0907. The summed E-state index contributed by atoms with van der Waals surface area (Å²) in [5.41, 5.74) is 0.893. The molecule has 0 saturated heterocycles. The van der Waals surface area contributed by atoms with E-state index in [2.05, 4.69) is 12.2 Å². The summed E-state index contributed by atoms with van der Waals surface area (Å²) < 4.78 is 43.4. The zero-order chi connectivity index (χ0) is 25.2. The molecule has 0 spiro atoms.